The summed E-state index contributed by atoms with van der Waals surface area (Å²) in [5, 5.41) is 12.7. The quantitative estimate of drug-likeness (QED) is 0.598. The smallest absolute Gasteiger partial charge is 0.130 e. The minimum absolute atomic E-state index is 0.255. The molecule has 3 nitrogen and oxygen atoms in total. The molecule has 1 aromatic heterocycles. The largest absolute Gasteiger partial charge is 0.508 e. The summed E-state index contributed by atoms with van der Waals surface area (Å²) in [6.07, 6.45) is 0. The van der Waals surface area contributed by atoms with Crippen molar-refractivity contribution in [3.63, 3.8) is 0 Å². The molecule has 23 heavy (non-hydrogen) atoms. The molecule has 0 amide bonds. The second-order valence-electron chi connectivity index (χ2n) is 5.48. The molecule has 0 aliphatic rings. The number of para-hydroxylation sites is 1. The zero-order chi connectivity index (χ0) is 15.6. The van der Waals surface area contributed by atoms with Crippen LogP contribution >= 0.6 is 0 Å². The highest BCUT2D eigenvalue weighted by atomic mass is 16.5. The minimum atomic E-state index is 0.255. The van der Waals surface area contributed by atoms with E-state index in [1.54, 1.807) is 12.1 Å². The topological polar surface area (TPSA) is 42.4 Å². The Bertz CT molecular complexity index is 995. The third-order valence-electron chi connectivity index (χ3n) is 3.84. The molecule has 4 aromatic rings. The molecular weight excluding hydrogens is 286 g/mol. The predicted octanol–water partition coefficient (Wildman–Crippen LogP) is 4.67. The minimum Gasteiger partial charge on any atom is -0.508 e. The second kappa shape index (κ2) is 5.61. The maximum atomic E-state index is 9.58. The lowest BCUT2D eigenvalue weighted by Crippen LogP contribution is -1.98. The standard InChI is InChI=1S/C20H15NO2/c22-18-9-6-14-7-10-19(12-16(14)11-18)23-13-17-8-5-15-3-1-2-4-20(15)21-17/h1-12,22H,13H2. The average molecular weight is 301 g/mol. The molecule has 1 heterocycles. The lowest BCUT2D eigenvalue weighted by molar-refractivity contribution is 0.302. The van der Waals surface area contributed by atoms with Gasteiger partial charge in [-0.1, -0.05) is 36.4 Å². The molecule has 0 fully saturated rings. The van der Waals surface area contributed by atoms with E-state index in [2.05, 4.69) is 11.1 Å². The number of nitrogens with zero attached hydrogens (tertiary/aromatic N) is 1. The number of ether oxygens (including phenoxy) is 1. The number of aromatic nitrogens is 1. The molecule has 0 saturated heterocycles. The molecule has 4 rings (SSSR count). The van der Waals surface area contributed by atoms with Crippen molar-refractivity contribution >= 4 is 21.7 Å². The molecule has 0 aliphatic heterocycles. The zero-order valence-corrected chi connectivity index (χ0v) is 12.4. The molecule has 3 aromatic carbocycles. The summed E-state index contributed by atoms with van der Waals surface area (Å²) in [6, 6.07) is 23.2. The third-order valence-corrected chi connectivity index (χ3v) is 3.84. The number of benzene rings is 3. The van der Waals surface area contributed by atoms with Crippen LogP contribution in [0, 0.1) is 0 Å². The van der Waals surface area contributed by atoms with E-state index in [1.165, 1.54) is 0 Å². The fraction of sp³-hybridized carbons (Fsp3) is 0.0500. The van der Waals surface area contributed by atoms with Crippen LogP contribution in [0.5, 0.6) is 11.5 Å². The van der Waals surface area contributed by atoms with E-state index in [0.29, 0.717) is 6.61 Å². The van der Waals surface area contributed by atoms with Crippen LogP contribution < -0.4 is 4.74 Å². The van der Waals surface area contributed by atoms with Gasteiger partial charge in [-0.15, -0.1) is 0 Å². The molecule has 0 spiro atoms. The van der Waals surface area contributed by atoms with E-state index in [0.717, 1.165) is 33.1 Å². The van der Waals surface area contributed by atoms with Gasteiger partial charge in [0.25, 0.3) is 0 Å². The Hall–Kier alpha value is -3.07. The number of fused-ring (bicyclic) bond motifs is 2. The normalized spacial score (nSPS) is 11.0. The summed E-state index contributed by atoms with van der Waals surface area (Å²) in [5.41, 5.74) is 1.86. The Labute approximate surface area is 133 Å². The second-order valence-corrected chi connectivity index (χ2v) is 5.48. The van der Waals surface area contributed by atoms with E-state index in [-0.39, 0.29) is 5.75 Å². The number of phenols is 1. The Kier molecular flexibility index (Phi) is 3.31. The van der Waals surface area contributed by atoms with Gasteiger partial charge in [0, 0.05) is 5.39 Å². The van der Waals surface area contributed by atoms with Crippen LogP contribution in [-0.2, 0) is 6.61 Å². The maximum absolute atomic E-state index is 9.58. The molecule has 0 radical (unpaired) electrons. The Morgan fingerprint density at radius 3 is 2.57 bits per heavy atom. The van der Waals surface area contributed by atoms with Gasteiger partial charge >= 0.3 is 0 Å². The SMILES string of the molecule is Oc1ccc2ccc(OCc3ccc4ccccc4n3)cc2c1. The van der Waals surface area contributed by atoms with Crippen molar-refractivity contribution in [1.29, 1.82) is 0 Å². The van der Waals surface area contributed by atoms with E-state index >= 15 is 0 Å². The molecule has 0 aliphatic carbocycles. The lowest BCUT2D eigenvalue weighted by Gasteiger charge is -2.08. The molecule has 1 N–H and O–H groups in total. The molecule has 0 atom stereocenters. The van der Waals surface area contributed by atoms with Gasteiger partial charge in [0.1, 0.15) is 18.1 Å². The number of hydrogen-bond donors (Lipinski definition) is 1. The first-order valence-corrected chi connectivity index (χ1v) is 7.48. The molecule has 3 heteroatoms. The van der Waals surface area contributed by atoms with Crippen LogP contribution in [0.15, 0.2) is 72.8 Å². The first-order chi connectivity index (χ1) is 11.3. The highest BCUT2D eigenvalue weighted by Gasteiger charge is 2.02. The summed E-state index contributed by atoms with van der Waals surface area (Å²) >= 11 is 0. The number of hydrogen-bond acceptors (Lipinski definition) is 3. The first-order valence-electron chi connectivity index (χ1n) is 7.48. The van der Waals surface area contributed by atoms with Crippen molar-refractivity contribution in [2.24, 2.45) is 0 Å². The van der Waals surface area contributed by atoms with Crippen molar-refractivity contribution in [3.8, 4) is 11.5 Å². The van der Waals surface area contributed by atoms with E-state index in [1.807, 2.05) is 54.6 Å². The van der Waals surface area contributed by atoms with Gasteiger partial charge in [0.05, 0.1) is 11.2 Å². The molecule has 112 valence electrons. The summed E-state index contributed by atoms with van der Waals surface area (Å²) in [4.78, 5) is 4.60. The van der Waals surface area contributed by atoms with Gasteiger partial charge in [0.15, 0.2) is 0 Å². The Morgan fingerprint density at radius 2 is 1.61 bits per heavy atom. The zero-order valence-electron chi connectivity index (χ0n) is 12.4. The fourth-order valence-electron chi connectivity index (χ4n) is 2.65. The number of pyridine rings is 1. The molecule has 0 saturated carbocycles. The number of aromatic hydroxyl groups is 1. The van der Waals surface area contributed by atoms with Crippen LogP contribution in [0.4, 0.5) is 0 Å². The van der Waals surface area contributed by atoms with Crippen LogP contribution in [0.2, 0.25) is 0 Å². The monoisotopic (exact) mass is 301 g/mol. The van der Waals surface area contributed by atoms with Crippen molar-refractivity contribution in [2.75, 3.05) is 0 Å². The fourth-order valence-corrected chi connectivity index (χ4v) is 2.65. The van der Waals surface area contributed by atoms with Crippen LogP contribution in [0.3, 0.4) is 0 Å². The highest BCUT2D eigenvalue weighted by Crippen LogP contribution is 2.25. The Balaban J connectivity index is 1.57. The van der Waals surface area contributed by atoms with Crippen molar-refractivity contribution in [2.45, 2.75) is 6.61 Å². The maximum Gasteiger partial charge on any atom is 0.130 e. The number of phenolic OH excluding ortho intramolecular Hbond substituents is 1. The van der Waals surface area contributed by atoms with Gasteiger partial charge in [-0.2, -0.15) is 0 Å². The predicted molar refractivity (Wildman–Crippen MR) is 91.7 cm³/mol. The number of rotatable bonds is 3. The van der Waals surface area contributed by atoms with Gasteiger partial charge in [-0.3, -0.25) is 0 Å². The van der Waals surface area contributed by atoms with Crippen LogP contribution in [0.25, 0.3) is 21.7 Å². The summed E-state index contributed by atoms with van der Waals surface area (Å²) < 4.78 is 5.84. The first kappa shape index (κ1) is 13.6. The molecule has 0 unspecified atom stereocenters. The van der Waals surface area contributed by atoms with Crippen molar-refractivity contribution in [1.82, 2.24) is 4.98 Å². The van der Waals surface area contributed by atoms with Crippen LogP contribution in [0.1, 0.15) is 5.69 Å². The Morgan fingerprint density at radius 1 is 0.783 bits per heavy atom. The van der Waals surface area contributed by atoms with Gasteiger partial charge in [-0.05, 0) is 47.2 Å². The van der Waals surface area contributed by atoms with Gasteiger partial charge in [0.2, 0.25) is 0 Å². The molecular formula is C20H15NO2. The summed E-state index contributed by atoms with van der Waals surface area (Å²) in [6.45, 7) is 0.412. The van der Waals surface area contributed by atoms with E-state index in [9.17, 15) is 5.11 Å². The highest BCUT2D eigenvalue weighted by molar-refractivity contribution is 5.85. The van der Waals surface area contributed by atoms with Gasteiger partial charge in [-0.25, -0.2) is 4.98 Å². The van der Waals surface area contributed by atoms with Crippen molar-refractivity contribution in [3.05, 3.63) is 78.5 Å². The van der Waals surface area contributed by atoms with Gasteiger partial charge < -0.3 is 9.84 Å². The van der Waals surface area contributed by atoms with Crippen LogP contribution in [-0.4, -0.2) is 10.1 Å². The summed E-state index contributed by atoms with van der Waals surface area (Å²) in [5.74, 6) is 1.02. The summed E-state index contributed by atoms with van der Waals surface area (Å²) in [7, 11) is 0. The molecule has 0 bridgehead atoms. The van der Waals surface area contributed by atoms with E-state index in [4.69, 9.17) is 4.74 Å². The van der Waals surface area contributed by atoms with Crippen molar-refractivity contribution < 1.29 is 9.84 Å². The lowest BCUT2D eigenvalue weighted by atomic mass is 10.1. The van der Waals surface area contributed by atoms with E-state index < -0.39 is 0 Å². The third kappa shape index (κ3) is 2.81. The average Bonchev–Trinajstić information content (AvgIpc) is 2.59.